The van der Waals surface area contributed by atoms with Crippen LogP contribution in [0.5, 0.6) is 0 Å². The van der Waals surface area contributed by atoms with Gasteiger partial charge in [0.2, 0.25) is 0 Å². The normalized spacial score (nSPS) is 21.9. The highest BCUT2D eigenvalue weighted by Crippen LogP contribution is 2.28. The molecule has 0 bridgehead atoms. The number of carboxylic acids is 1. The molecule has 1 unspecified atom stereocenters. The fraction of sp³-hybridized carbons (Fsp3) is 0.500. The van der Waals surface area contributed by atoms with Crippen LogP contribution in [0.15, 0.2) is 18.2 Å². The molecule has 1 aromatic rings. The highest BCUT2D eigenvalue weighted by Gasteiger charge is 2.29. The Labute approximate surface area is 111 Å². The fourth-order valence-corrected chi connectivity index (χ4v) is 2.44. The summed E-state index contributed by atoms with van der Waals surface area (Å²) in [7, 11) is 0. The van der Waals surface area contributed by atoms with Crippen LogP contribution in [-0.4, -0.2) is 29.3 Å². The van der Waals surface area contributed by atoms with Gasteiger partial charge < -0.3 is 15.2 Å². The molecule has 1 saturated heterocycles. The van der Waals surface area contributed by atoms with E-state index in [4.69, 9.17) is 9.84 Å². The molecule has 1 atom stereocenters. The fourth-order valence-electron chi connectivity index (χ4n) is 2.44. The van der Waals surface area contributed by atoms with Crippen LogP contribution in [-0.2, 0) is 4.74 Å². The SMILES string of the molecule is CC1(C)CC(Nc2cccc(F)c2C(=O)O)CCO1. The van der Waals surface area contributed by atoms with E-state index in [1.165, 1.54) is 6.07 Å². The molecule has 1 fully saturated rings. The second-order valence-electron chi connectivity index (χ2n) is 5.41. The van der Waals surface area contributed by atoms with Gasteiger partial charge in [0.15, 0.2) is 0 Å². The minimum absolute atomic E-state index is 0.0867. The number of ether oxygens (including phenoxy) is 1. The van der Waals surface area contributed by atoms with Crippen LogP contribution in [0.3, 0.4) is 0 Å². The van der Waals surface area contributed by atoms with Gasteiger partial charge in [0.25, 0.3) is 0 Å². The first-order valence-electron chi connectivity index (χ1n) is 6.31. The lowest BCUT2D eigenvalue weighted by molar-refractivity contribution is -0.0553. The van der Waals surface area contributed by atoms with Crippen molar-refractivity contribution in [1.29, 1.82) is 0 Å². The maximum Gasteiger partial charge on any atom is 0.340 e. The second kappa shape index (κ2) is 5.17. The summed E-state index contributed by atoms with van der Waals surface area (Å²) in [6.45, 7) is 4.59. The van der Waals surface area contributed by atoms with Crippen molar-refractivity contribution in [2.45, 2.75) is 38.3 Å². The number of carboxylic acid groups (broad SMARTS) is 1. The van der Waals surface area contributed by atoms with Crippen LogP contribution in [0.2, 0.25) is 0 Å². The van der Waals surface area contributed by atoms with Gasteiger partial charge in [-0.25, -0.2) is 9.18 Å². The average molecular weight is 267 g/mol. The van der Waals surface area contributed by atoms with E-state index < -0.39 is 11.8 Å². The van der Waals surface area contributed by atoms with Crippen LogP contribution < -0.4 is 5.32 Å². The Morgan fingerprint density at radius 1 is 1.53 bits per heavy atom. The van der Waals surface area contributed by atoms with Gasteiger partial charge in [0.05, 0.1) is 11.3 Å². The highest BCUT2D eigenvalue weighted by atomic mass is 19.1. The zero-order valence-corrected chi connectivity index (χ0v) is 11.1. The van der Waals surface area contributed by atoms with E-state index in [9.17, 15) is 9.18 Å². The zero-order chi connectivity index (χ0) is 14.0. The van der Waals surface area contributed by atoms with E-state index in [-0.39, 0.29) is 17.2 Å². The third kappa shape index (κ3) is 3.23. The van der Waals surface area contributed by atoms with Crippen molar-refractivity contribution < 1.29 is 19.0 Å². The Bertz CT molecular complexity index is 488. The zero-order valence-electron chi connectivity index (χ0n) is 11.1. The molecule has 1 heterocycles. The summed E-state index contributed by atoms with van der Waals surface area (Å²) < 4.78 is 19.2. The smallest absolute Gasteiger partial charge is 0.340 e. The number of nitrogens with one attached hydrogen (secondary N) is 1. The summed E-state index contributed by atoms with van der Waals surface area (Å²) in [6.07, 6.45) is 1.53. The van der Waals surface area contributed by atoms with E-state index in [2.05, 4.69) is 5.32 Å². The Kier molecular flexibility index (Phi) is 3.75. The van der Waals surface area contributed by atoms with Gasteiger partial charge >= 0.3 is 5.97 Å². The van der Waals surface area contributed by atoms with Gasteiger partial charge in [0.1, 0.15) is 11.4 Å². The molecule has 4 nitrogen and oxygen atoms in total. The molecule has 0 radical (unpaired) electrons. The molecule has 1 aromatic carbocycles. The monoisotopic (exact) mass is 267 g/mol. The highest BCUT2D eigenvalue weighted by molar-refractivity contribution is 5.94. The predicted octanol–water partition coefficient (Wildman–Crippen LogP) is 2.89. The first kappa shape index (κ1) is 13.8. The Morgan fingerprint density at radius 2 is 2.26 bits per heavy atom. The number of halogens is 1. The van der Waals surface area contributed by atoms with Gasteiger partial charge in [-0.2, -0.15) is 0 Å². The minimum atomic E-state index is -1.26. The number of aromatic carboxylic acids is 1. The van der Waals surface area contributed by atoms with E-state index in [0.29, 0.717) is 12.3 Å². The third-order valence-corrected chi connectivity index (χ3v) is 3.28. The number of hydrogen-bond donors (Lipinski definition) is 2. The molecule has 2 N–H and O–H groups in total. The van der Waals surface area contributed by atoms with Crippen molar-refractivity contribution in [3.8, 4) is 0 Å². The van der Waals surface area contributed by atoms with Gasteiger partial charge in [-0.1, -0.05) is 6.07 Å². The first-order valence-corrected chi connectivity index (χ1v) is 6.31. The summed E-state index contributed by atoms with van der Waals surface area (Å²) in [6, 6.07) is 4.34. The molecule has 1 aliphatic rings. The van der Waals surface area contributed by atoms with Crippen molar-refractivity contribution in [1.82, 2.24) is 0 Å². The lowest BCUT2D eigenvalue weighted by Crippen LogP contribution is -2.40. The van der Waals surface area contributed by atoms with E-state index in [1.807, 2.05) is 13.8 Å². The number of anilines is 1. The molecule has 104 valence electrons. The quantitative estimate of drug-likeness (QED) is 0.884. The Morgan fingerprint density at radius 3 is 2.89 bits per heavy atom. The van der Waals surface area contributed by atoms with Gasteiger partial charge in [-0.3, -0.25) is 0 Å². The number of rotatable bonds is 3. The van der Waals surface area contributed by atoms with E-state index >= 15 is 0 Å². The first-order chi connectivity index (χ1) is 8.89. The molecular weight excluding hydrogens is 249 g/mol. The standard InChI is InChI=1S/C14H18FNO3/c1-14(2)8-9(6-7-19-14)16-11-5-3-4-10(15)12(11)13(17)18/h3-5,9,16H,6-8H2,1-2H3,(H,17,18). The molecular formula is C14H18FNO3. The van der Waals surface area contributed by atoms with Gasteiger partial charge in [-0.15, -0.1) is 0 Å². The molecule has 2 rings (SSSR count). The lowest BCUT2D eigenvalue weighted by Gasteiger charge is -2.36. The van der Waals surface area contributed by atoms with E-state index in [0.717, 1.165) is 18.9 Å². The number of hydrogen-bond acceptors (Lipinski definition) is 3. The summed E-state index contributed by atoms with van der Waals surface area (Å²) >= 11 is 0. The van der Waals surface area contributed by atoms with Crippen molar-refractivity contribution in [2.24, 2.45) is 0 Å². The Hall–Kier alpha value is -1.62. The third-order valence-electron chi connectivity index (χ3n) is 3.28. The second-order valence-corrected chi connectivity index (χ2v) is 5.41. The maximum absolute atomic E-state index is 13.6. The molecule has 0 aromatic heterocycles. The molecule has 5 heteroatoms. The predicted molar refractivity (Wildman–Crippen MR) is 70.0 cm³/mol. The summed E-state index contributed by atoms with van der Waals surface area (Å²) in [4.78, 5) is 11.1. The molecule has 0 amide bonds. The lowest BCUT2D eigenvalue weighted by atomic mass is 9.93. The Balaban J connectivity index is 2.19. The molecule has 19 heavy (non-hydrogen) atoms. The maximum atomic E-state index is 13.6. The van der Waals surface area contributed by atoms with Crippen LogP contribution in [0.4, 0.5) is 10.1 Å². The van der Waals surface area contributed by atoms with Crippen molar-refractivity contribution in [2.75, 3.05) is 11.9 Å². The van der Waals surface area contributed by atoms with Gasteiger partial charge in [-0.05, 0) is 38.8 Å². The number of benzene rings is 1. The average Bonchev–Trinajstić information content (AvgIpc) is 2.26. The summed E-state index contributed by atoms with van der Waals surface area (Å²) in [5, 5.41) is 12.2. The molecule has 1 aliphatic heterocycles. The van der Waals surface area contributed by atoms with Crippen molar-refractivity contribution in [3.63, 3.8) is 0 Å². The van der Waals surface area contributed by atoms with Crippen LogP contribution >= 0.6 is 0 Å². The molecule has 0 aliphatic carbocycles. The van der Waals surface area contributed by atoms with Gasteiger partial charge in [0, 0.05) is 12.6 Å². The van der Waals surface area contributed by atoms with Crippen molar-refractivity contribution in [3.05, 3.63) is 29.6 Å². The van der Waals surface area contributed by atoms with E-state index in [1.54, 1.807) is 6.07 Å². The van der Waals surface area contributed by atoms with Crippen molar-refractivity contribution >= 4 is 11.7 Å². The van der Waals surface area contributed by atoms with Crippen LogP contribution in [0.25, 0.3) is 0 Å². The topological polar surface area (TPSA) is 58.6 Å². The largest absolute Gasteiger partial charge is 0.478 e. The summed E-state index contributed by atoms with van der Waals surface area (Å²) in [5.74, 6) is -1.98. The summed E-state index contributed by atoms with van der Waals surface area (Å²) in [5.41, 5.74) is -0.214. The molecule has 0 spiro atoms. The minimum Gasteiger partial charge on any atom is -0.478 e. The molecule has 0 saturated carbocycles. The number of carbonyl (C=O) groups is 1. The van der Waals surface area contributed by atoms with Crippen LogP contribution in [0, 0.1) is 5.82 Å². The van der Waals surface area contributed by atoms with Crippen LogP contribution in [0.1, 0.15) is 37.0 Å².